The van der Waals surface area contributed by atoms with Crippen molar-refractivity contribution in [2.45, 2.75) is 25.4 Å². The van der Waals surface area contributed by atoms with Crippen LogP contribution < -0.4 is 5.73 Å². The van der Waals surface area contributed by atoms with Gasteiger partial charge in [0.15, 0.2) is 0 Å². The van der Waals surface area contributed by atoms with E-state index in [-0.39, 0.29) is 0 Å². The minimum Gasteiger partial charge on any atom is -0.381 e. The molecule has 0 amide bonds. The zero-order valence-electron chi connectivity index (χ0n) is 5.97. The molecule has 2 nitrogen and oxygen atoms in total. The number of methoxy groups -OCH3 is 1. The van der Waals surface area contributed by atoms with E-state index in [1.807, 2.05) is 0 Å². The van der Waals surface area contributed by atoms with Gasteiger partial charge in [0.05, 0.1) is 6.10 Å². The molecular formula is C7H15NO. The highest BCUT2D eigenvalue weighted by molar-refractivity contribution is 4.77. The highest BCUT2D eigenvalue weighted by Crippen LogP contribution is 2.26. The minimum atomic E-state index is 0.454. The van der Waals surface area contributed by atoms with Gasteiger partial charge in [-0.3, -0.25) is 0 Å². The lowest BCUT2D eigenvalue weighted by Crippen LogP contribution is -2.23. The van der Waals surface area contributed by atoms with Gasteiger partial charge >= 0.3 is 0 Å². The Bertz CT molecular complexity index is 75.0. The molecule has 9 heavy (non-hydrogen) atoms. The number of rotatable bonds is 2. The monoisotopic (exact) mass is 129 g/mol. The summed E-state index contributed by atoms with van der Waals surface area (Å²) in [5.41, 5.74) is 5.52. The molecule has 1 saturated carbocycles. The van der Waals surface area contributed by atoms with Gasteiger partial charge in [0.25, 0.3) is 0 Å². The van der Waals surface area contributed by atoms with Crippen LogP contribution >= 0.6 is 0 Å². The standard InChI is InChI=1S/C7H15NO/c1-9-7-4-2-3-6(7)5-8/h6-7H,2-5,8H2,1H3/t6-,7-/m1/s1. The first-order valence-electron chi connectivity index (χ1n) is 3.61. The molecule has 2 N–H and O–H groups in total. The third-order valence-electron chi connectivity index (χ3n) is 2.19. The van der Waals surface area contributed by atoms with Gasteiger partial charge in [-0.2, -0.15) is 0 Å². The average Bonchev–Trinajstić information content (AvgIpc) is 2.33. The summed E-state index contributed by atoms with van der Waals surface area (Å²) >= 11 is 0. The van der Waals surface area contributed by atoms with E-state index in [4.69, 9.17) is 10.5 Å². The molecule has 0 bridgehead atoms. The van der Waals surface area contributed by atoms with Gasteiger partial charge in [-0.1, -0.05) is 6.42 Å². The van der Waals surface area contributed by atoms with Crippen LogP contribution in [0.3, 0.4) is 0 Å². The molecule has 0 unspecified atom stereocenters. The Kier molecular flexibility index (Phi) is 2.49. The fraction of sp³-hybridized carbons (Fsp3) is 1.00. The summed E-state index contributed by atoms with van der Waals surface area (Å²) < 4.78 is 5.23. The lowest BCUT2D eigenvalue weighted by molar-refractivity contribution is 0.0741. The van der Waals surface area contributed by atoms with Gasteiger partial charge in [0.1, 0.15) is 0 Å². The van der Waals surface area contributed by atoms with Crippen LogP contribution in [0.2, 0.25) is 0 Å². The second kappa shape index (κ2) is 3.18. The van der Waals surface area contributed by atoms with Gasteiger partial charge < -0.3 is 10.5 Å². The quantitative estimate of drug-likeness (QED) is 0.597. The molecule has 0 aromatic carbocycles. The zero-order valence-corrected chi connectivity index (χ0v) is 5.97. The van der Waals surface area contributed by atoms with E-state index in [9.17, 15) is 0 Å². The number of hydrogen-bond acceptors (Lipinski definition) is 2. The molecule has 0 saturated heterocycles. The van der Waals surface area contributed by atoms with Crippen LogP contribution in [0.1, 0.15) is 19.3 Å². The molecule has 1 aliphatic carbocycles. The van der Waals surface area contributed by atoms with E-state index in [0.717, 1.165) is 6.54 Å². The molecule has 0 aromatic heterocycles. The molecule has 0 radical (unpaired) electrons. The van der Waals surface area contributed by atoms with Crippen LogP contribution in [0.15, 0.2) is 0 Å². The maximum absolute atomic E-state index is 5.52. The molecule has 0 heterocycles. The van der Waals surface area contributed by atoms with Crippen molar-refractivity contribution in [1.29, 1.82) is 0 Å². The first-order valence-corrected chi connectivity index (χ1v) is 3.61. The summed E-state index contributed by atoms with van der Waals surface area (Å²) in [5.74, 6) is 0.634. The average molecular weight is 129 g/mol. The van der Waals surface area contributed by atoms with Crippen molar-refractivity contribution < 1.29 is 4.74 Å². The molecule has 2 heteroatoms. The van der Waals surface area contributed by atoms with Crippen LogP contribution in [0.25, 0.3) is 0 Å². The second-order valence-electron chi connectivity index (χ2n) is 2.70. The Labute approximate surface area is 56.4 Å². The fourth-order valence-corrected chi connectivity index (χ4v) is 1.58. The topological polar surface area (TPSA) is 35.2 Å². The van der Waals surface area contributed by atoms with Crippen molar-refractivity contribution in [2.75, 3.05) is 13.7 Å². The van der Waals surface area contributed by atoms with Crippen LogP contribution in [0.5, 0.6) is 0 Å². The minimum absolute atomic E-state index is 0.454. The van der Waals surface area contributed by atoms with E-state index in [0.29, 0.717) is 12.0 Å². The number of ether oxygens (including phenoxy) is 1. The Hall–Kier alpha value is -0.0800. The molecule has 0 aromatic rings. The van der Waals surface area contributed by atoms with Crippen LogP contribution in [-0.4, -0.2) is 19.8 Å². The zero-order chi connectivity index (χ0) is 6.69. The van der Waals surface area contributed by atoms with E-state index in [2.05, 4.69) is 0 Å². The Morgan fingerprint density at radius 1 is 1.56 bits per heavy atom. The first-order chi connectivity index (χ1) is 4.38. The summed E-state index contributed by atoms with van der Waals surface area (Å²) in [6.07, 6.45) is 4.21. The largest absolute Gasteiger partial charge is 0.381 e. The van der Waals surface area contributed by atoms with Crippen LogP contribution in [-0.2, 0) is 4.74 Å². The second-order valence-corrected chi connectivity index (χ2v) is 2.70. The van der Waals surface area contributed by atoms with Crippen molar-refractivity contribution >= 4 is 0 Å². The van der Waals surface area contributed by atoms with Crippen molar-refractivity contribution in [3.8, 4) is 0 Å². The maximum Gasteiger partial charge on any atom is 0.0611 e. The predicted molar refractivity (Wildman–Crippen MR) is 37.2 cm³/mol. The van der Waals surface area contributed by atoms with Crippen molar-refractivity contribution in [3.63, 3.8) is 0 Å². The lowest BCUT2D eigenvalue weighted by atomic mass is 10.1. The highest BCUT2D eigenvalue weighted by Gasteiger charge is 2.25. The normalized spacial score (nSPS) is 35.3. The van der Waals surface area contributed by atoms with Gasteiger partial charge in [-0.25, -0.2) is 0 Å². The highest BCUT2D eigenvalue weighted by atomic mass is 16.5. The van der Waals surface area contributed by atoms with Gasteiger partial charge in [0.2, 0.25) is 0 Å². The molecular weight excluding hydrogens is 114 g/mol. The maximum atomic E-state index is 5.52. The van der Waals surface area contributed by atoms with Gasteiger partial charge in [-0.05, 0) is 25.3 Å². The fourth-order valence-electron chi connectivity index (χ4n) is 1.58. The predicted octanol–water partition coefficient (Wildman–Crippen LogP) is 0.760. The summed E-state index contributed by atoms with van der Waals surface area (Å²) in [6, 6.07) is 0. The van der Waals surface area contributed by atoms with E-state index in [1.165, 1.54) is 19.3 Å². The lowest BCUT2D eigenvalue weighted by Gasteiger charge is -2.14. The summed E-state index contributed by atoms with van der Waals surface area (Å²) in [6.45, 7) is 0.790. The summed E-state index contributed by atoms with van der Waals surface area (Å²) in [5, 5.41) is 0. The third kappa shape index (κ3) is 1.43. The molecule has 1 fully saturated rings. The van der Waals surface area contributed by atoms with Crippen LogP contribution in [0.4, 0.5) is 0 Å². The molecule has 0 aliphatic heterocycles. The van der Waals surface area contributed by atoms with Crippen LogP contribution in [0, 0.1) is 5.92 Å². The molecule has 2 atom stereocenters. The number of nitrogens with two attached hydrogens (primary N) is 1. The van der Waals surface area contributed by atoms with E-state index in [1.54, 1.807) is 7.11 Å². The molecule has 0 spiro atoms. The van der Waals surface area contributed by atoms with E-state index >= 15 is 0 Å². The van der Waals surface area contributed by atoms with Crippen molar-refractivity contribution in [2.24, 2.45) is 11.7 Å². The Morgan fingerprint density at radius 2 is 2.33 bits per heavy atom. The number of hydrogen-bond donors (Lipinski definition) is 1. The Morgan fingerprint density at radius 3 is 2.78 bits per heavy atom. The summed E-state index contributed by atoms with van der Waals surface area (Å²) in [4.78, 5) is 0. The molecule has 1 rings (SSSR count). The third-order valence-corrected chi connectivity index (χ3v) is 2.19. The van der Waals surface area contributed by atoms with Gasteiger partial charge in [0, 0.05) is 7.11 Å². The molecule has 1 aliphatic rings. The molecule has 54 valence electrons. The van der Waals surface area contributed by atoms with Crippen molar-refractivity contribution in [1.82, 2.24) is 0 Å². The van der Waals surface area contributed by atoms with Gasteiger partial charge in [-0.15, -0.1) is 0 Å². The van der Waals surface area contributed by atoms with E-state index < -0.39 is 0 Å². The van der Waals surface area contributed by atoms with Crippen molar-refractivity contribution in [3.05, 3.63) is 0 Å². The smallest absolute Gasteiger partial charge is 0.0611 e. The SMILES string of the molecule is CO[C@@H]1CCC[C@@H]1CN. The first kappa shape index (κ1) is 7.03. The summed E-state index contributed by atoms with van der Waals surface area (Å²) in [7, 11) is 1.78. The Balaban J connectivity index is 2.32.